The van der Waals surface area contributed by atoms with E-state index in [9.17, 15) is 18.0 Å². The van der Waals surface area contributed by atoms with E-state index in [4.69, 9.17) is 10.2 Å². The first-order valence-corrected chi connectivity index (χ1v) is 8.34. The quantitative estimate of drug-likeness (QED) is 0.608. The first kappa shape index (κ1) is 17.9. The number of carboxylic acid groups (broad SMARTS) is 1. The fraction of sp³-hybridized carbons (Fsp3) is 0.833. The molecule has 0 aromatic rings. The van der Waals surface area contributed by atoms with Crippen LogP contribution in [0.1, 0.15) is 33.1 Å². The molecule has 0 spiro atoms. The van der Waals surface area contributed by atoms with Gasteiger partial charge in [-0.15, -0.1) is 0 Å². The van der Waals surface area contributed by atoms with Crippen molar-refractivity contribution in [3.8, 4) is 0 Å². The average Bonchev–Trinajstić information content (AvgIpc) is 2.35. The number of piperidine rings is 1. The molecule has 1 saturated heterocycles. The Bertz CT molecular complexity index is 503. The maximum Gasteiger partial charge on any atom is 0.309 e. The SMILES string of the molecule is CC(C)(CC(=O)N1CCCC(CNS(N)(=O)=O)C1)C(=O)O. The lowest BCUT2D eigenvalue weighted by Gasteiger charge is -2.34. The first-order chi connectivity index (χ1) is 9.51. The normalized spacial score (nSPS) is 20.3. The standard InChI is InChI=1S/C12H23N3O5S/c1-12(2,11(17)18)6-10(16)15-5-3-4-9(8-15)7-14-21(13,19)20/h9,14H,3-8H2,1-2H3,(H,17,18)(H2,13,19,20). The van der Waals surface area contributed by atoms with Gasteiger partial charge in [0, 0.05) is 26.1 Å². The second-order valence-electron chi connectivity index (χ2n) is 6.11. The van der Waals surface area contributed by atoms with Crippen LogP contribution in [-0.4, -0.2) is 49.9 Å². The Kier molecular flexibility index (Phi) is 5.71. The van der Waals surface area contributed by atoms with Crippen LogP contribution in [0.25, 0.3) is 0 Å². The van der Waals surface area contributed by atoms with Crippen molar-refractivity contribution in [1.29, 1.82) is 0 Å². The lowest BCUT2D eigenvalue weighted by atomic mass is 9.88. The van der Waals surface area contributed by atoms with Crippen LogP contribution in [0.3, 0.4) is 0 Å². The van der Waals surface area contributed by atoms with Gasteiger partial charge >= 0.3 is 5.97 Å². The fourth-order valence-corrected chi connectivity index (χ4v) is 2.73. The maximum atomic E-state index is 12.2. The molecule has 0 bridgehead atoms. The zero-order valence-electron chi connectivity index (χ0n) is 12.3. The van der Waals surface area contributed by atoms with Gasteiger partial charge in [-0.1, -0.05) is 0 Å². The van der Waals surface area contributed by atoms with Crippen LogP contribution in [-0.2, 0) is 19.8 Å². The fourth-order valence-electron chi connectivity index (χ4n) is 2.26. The monoisotopic (exact) mass is 321 g/mol. The molecule has 0 aliphatic carbocycles. The number of aliphatic carboxylic acids is 1. The molecule has 1 atom stereocenters. The highest BCUT2D eigenvalue weighted by atomic mass is 32.2. The minimum Gasteiger partial charge on any atom is -0.481 e. The summed E-state index contributed by atoms with van der Waals surface area (Å²) < 4.78 is 24.0. The zero-order valence-corrected chi connectivity index (χ0v) is 13.1. The van der Waals surface area contributed by atoms with E-state index in [1.54, 1.807) is 4.90 Å². The van der Waals surface area contributed by atoms with Crippen molar-refractivity contribution in [3.63, 3.8) is 0 Å². The summed E-state index contributed by atoms with van der Waals surface area (Å²) in [7, 11) is -3.73. The summed E-state index contributed by atoms with van der Waals surface area (Å²) in [5.41, 5.74) is -1.11. The van der Waals surface area contributed by atoms with Crippen LogP contribution in [0.4, 0.5) is 0 Å². The minimum absolute atomic E-state index is 0.00559. The molecular formula is C12H23N3O5S. The number of nitrogens with two attached hydrogens (primary N) is 1. The molecule has 4 N–H and O–H groups in total. The predicted molar refractivity (Wildman–Crippen MR) is 76.4 cm³/mol. The minimum atomic E-state index is -3.73. The Labute approximate surface area is 124 Å². The summed E-state index contributed by atoms with van der Waals surface area (Å²) in [5.74, 6) is -1.24. The lowest BCUT2D eigenvalue weighted by molar-refractivity contribution is -0.151. The molecule has 1 aliphatic rings. The van der Waals surface area contributed by atoms with Crippen LogP contribution >= 0.6 is 0 Å². The van der Waals surface area contributed by atoms with Gasteiger partial charge in [-0.05, 0) is 32.6 Å². The summed E-state index contributed by atoms with van der Waals surface area (Å²) in [6, 6.07) is 0. The zero-order chi connectivity index (χ0) is 16.3. The van der Waals surface area contributed by atoms with E-state index >= 15 is 0 Å². The third kappa shape index (κ3) is 5.98. The number of carbonyl (C=O) groups excluding carboxylic acids is 1. The van der Waals surface area contributed by atoms with Crippen molar-refractivity contribution in [1.82, 2.24) is 9.62 Å². The highest BCUT2D eigenvalue weighted by Crippen LogP contribution is 2.24. The number of likely N-dealkylation sites (tertiary alicyclic amines) is 1. The molecule has 1 aliphatic heterocycles. The van der Waals surface area contributed by atoms with Crippen LogP contribution in [0.5, 0.6) is 0 Å². The van der Waals surface area contributed by atoms with E-state index in [-0.39, 0.29) is 24.8 Å². The van der Waals surface area contributed by atoms with Crippen LogP contribution in [0.2, 0.25) is 0 Å². The van der Waals surface area contributed by atoms with Crippen LogP contribution < -0.4 is 9.86 Å². The molecule has 1 heterocycles. The highest BCUT2D eigenvalue weighted by Gasteiger charge is 2.33. The highest BCUT2D eigenvalue weighted by molar-refractivity contribution is 7.87. The number of nitrogens with one attached hydrogen (secondary N) is 1. The summed E-state index contributed by atoms with van der Waals surface area (Å²) >= 11 is 0. The van der Waals surface area contributed by atoms with Gasteiger partial charge in [-0.25, -0.2) is 9.86 Å². The molecule has 0 saturated carbocycles. The summed E-state index contributed by atoms with van der Waals surface area (Å²) in [5, 5.41) is 13.9. The Morgan fingerprint density at radius 3 is 2.57 bits per heavy atom. The van der Waals surface area contributed by atoms with Gasteiger partial charge in [0.15, 0.2) is 0 Å². The van der Waals surface area contributed by atoms with Gasteiger partial charge in [0.25, 0.3) is 10.2 Å². The Hall–Kier alpha value is -1.19. The van der Waals surface area contributed by atoms with E-state index in [2.05, 4.69) is 4.72 Å². The molecule has 122 valence electrons. The average molecular weight is 321 g/mol. The van der Waals surface area contributed by atoms with Crippen molar-refractivity contribution in [2.75, 3.05) is 19.6 Å². The molecule has 0 aromatic carbocycles. The Morgan fingerprint density at radius 1 is 1.43 bits per heavy atom. The predicted octanol–water partition coefficient (Wildman–Crippen LogP) is -0.481. The van der Waals surface area contributed by atoms with E-state index < -0.39 is 21.6 Å². The third-order valence-electron chi connectivity index (χ3n) is 3.62. The van der Waals surface area contributed by atoms with Gasteiger partial charge in [0.1, 0.15) is 0 Å². The number of amides is 1. The second kappa shape index (κ2) is 6.71. The van der Waals surface area contributed by atoms with Crippen LogP contribution in [0.15, 0.2) is 0 Å². The summed E-state index contributed by atoms with van der Waals surface area (Å²) in [4.78, 5) is 24.8. The topological polar surface area (TPSA) is 130 Å². The van der Waals surface area contributed by atoms with Gasteiger partial charge in [0.2, 0.25) is 5.91 Å². The molecule has 21 heavy (non-hydrogen) atoms. The number of carbonyl (C=O) groups is 2. The largest absolute Gasteiger partial charge is 0.481 e. The smallest absolute Gasteiger partial charge is 0.309 e. The number of hydrogen-bond donors (Lipinski definition) is 3. The van der Waals surface area contributed by atoms with Crippen molar-refractivity contribution in [3.05, 3.63) is 0 Å². The number of nitrogens with zero attached hydrogens (tertiary/aromatic N) is 1. The van der Waals surface area contributed by atoms with Gasteiger partial charge in [-0.3, -0.25) is 9.59 Å². The van der Waals surface area contributed by atoms with E-state index in [0.717, 1.165) is 12.8 Å². The number of rotatable bonds is 6. The van der Waals surface area contributed by atoms with Crippen molar-refractivity contribution < 1.29 is 23.1 Å². The number of carboxylic acids is 1. The van der Waals surface area contributed by atoms with Crippen molar-refractivity contribution in [2.45, 2.75) is 33.1 Å². The molecule has 0 aromatic heterocycles. The van der Waals surface area contributed by atoms with Gasteiger partial charge < -0.3 is 10.0 Å². The first-order valence-electron chi connectivity index (χ1n) is 6.80. The van der Waals surface area contributed by atoms with Crippen molar-refractivity contribution in [2.24, 2.45) is 16.5 Å². The second-order valence-corrected chi connectivity index (χ2v) is 7.49. The third-order valence-corrected chi connectivity index (χ3v) is 4.19. The molecule has 8 nitrogen and oxygen atoms in total. The van der Waals surface area contributed by atoms with Gasteiger partial charge in [-0.2, -0.15) is 8.42 Å². The molecule has 1 amide bonds. The van der Waals surface area contributed by atoms with Crippen LogP contribution in [0, 0.1) is 11.3 Å². The molecule has 0 radical (unpaired) electrons. The maximum absolute atomic E-state index is 12.2. The molecule has 1 fully saturated rings. The molecule has 9 heteroatoms. The van der Waals surface area contributed by atoms with Gasteiger partial charge in [0.05, 0.1) is 5.41 Å². The lowest BCUT2D eigenvalue weighted by Crippen LogP contribution is -2.46. The van der Waals surface area contributed by atoms with Crippen molar-refractivity contribution >= 4 is 22.1 Å². The molecular weight excluding hydrogens is 298 g/mol. The summed E-state index contributed by atoms with van der Waals surface area (Å²) in [6.07, 6.45) is 1.49. The summed E-state index contributed by atoms with van der Waals surface area (Å²) in [6.45, 7) is 4.19. The number of hydrogen-bond acceptors (Lipinski definition) is 4. The van der Waals surface area contributed by atoms with E-state index in [1.165, 1.54) is 13.8 Å². The molecule has 1 rings (SSSR count). The van der Waals surface area contributed by atoms with E-state index in [1.807, 2.05) is 0 Å². The molecule has 1 unspecified atom stereocenters. The Balaban J connectivity index is 2.56. The van der Waals surface area contributed by atoms with E-state index in [0.29, 0.717) is 13.1 Å². The Morgan fingerprint density at radius 2 is 2.05 bits per heavy atom.